The number of nitrogens with zero attached hydrogens (tertiary/aromatic N) is 1. The highest BCUT2D eigenvalue weighted by Gasteiger charge is 2.04. The van der Waals surface area contributed by atoms with E-state index in [-0.39, 0.29) is 0 Å². The van der Waals surface area contributed by atoms with Gasteiger partial charge >= 0.3 is 0 Å². The molecule has 1 aromatic heterocycles. The maximum Gasteiger partial charge on any atom is 0.140 e. The molecule has 4 nitrogen and oxygen atoms in total. The summed E-state index contributed by atoms with van der Waals surface area (Å²) in [5.41, 5.74) is 1.07. The number of benzene rings is 1. The van der Waals surface area contributed by atoms with Crippen molar-refractivity contribution in [1.82, 2.24) is 10.3 Å². The second-order valence-electron chi connectivity index (χ2n) is 4.73. The quantitative estimate of drug-likeness (QED) is 0.851. The molecule has 0 spiro atoms. The van der Waals surface area contributed by atoms with E-state index in [0.717, 1.165) is 28.7 Å². The average molecular weight is 292 g/mol. The Balaban J connectivity index is 1.84. The molecular formula is C15H20N2O2S. The largest absolute Gasteiger partial charge is 0.497 e. The maximum absolute atomic E-state index is 5.70. The second-order valence-corrected chi connectivity index (χ2v) is 5.68. The summed E-state index contributed by atoms with van der Waals surface area (Å²) in [5.74, 6) is 1.65. The van der Waals surface area contributed by atoms with Crippen LogP contribution in [0.15, 0.2) is 29.6 Å². The Labute approximate surface area is 123 Å². The first kappa shape index (κ1) is 14.8. The van der Waals surface area contributed by atoms with Crippen molar-refractivity contribution in [2.24, 2.45) is 0 Å². The Bertz CT molecular complexity index is 523. The highest BCUT2D eigenvalue weighted by Crippen LogP contribution is 2.19. The summed E-state index contributed by atoms with van der Waals surface area (Å²) in [6.07, 6.45) is 0. The van der Waals surface area contributed by atoms with E-state index in [0.29, 0.717) is 12.6 Å². The van der Waals surface area contributed by atoms with E-state index in [2.05, 4.69) is 29.5 Å². The van der Waals surface area contributed by atoms with E-state index in [1.807, 2.05) is 24.3 Å². The number of thiazole rings is 1. The summed E-state index contributed by atoms with van der Waals surface area (Å²) in [5, 5.41) is 6.41. The molecule has 2 aromatic rings. The van der Waals surface area contributed by atoms with Crippen LogP contribution in [-0.4, -0.2) is 18.1 Å². The molecule has 0 aliphatic carbocycles. The van der Waals surface area contributed by atoms with Crippen molar-refractivity contribution in [2.75, 3.05) is 7.11 Å². The Morgan fingerprint density at radius 3 is 2.55 bits per heavy atom. The van der Waals surface area contributed by atoms with Gasteiger partial charge in [0.15, 0.2) is 0 Å². The topological polar surface area (TPSA) is 43.4 Å². The van der Waals surface area contributed by atoms with Crippen LogP contribution in [0.4, 0.5) is 0 Å². The minimum atomic E-state index is 0.468. The fourth-order valence-electron chi connectivity index (χ4n) is 1.62. The minimum Gasteiger partial charge on any atom is -0.497 e. The van der Waals surface area contributed by atoms with Crippen LogP contribution in [0.2, 0.25) is 0 Å². The lowest BCUT2D eigenvalue weighted by atomic mass is 10.3. The molecule has 0 amide bonds. The molecule has 0 atom stereocenters. The van der Waals surface area contributed by atoms with E-state index in [1.165, 1.54) is 0 Å². The number of hydrogen-bond donors (Lipinski definition) is 1. The molecule has 2 rings (SSSR count). The first-order valence-corrected chi connectivity index (χ1v) is 7.49. The maximum atomic E-state index is 5.70. The lowest BCUT2D eigenvalue weighted by Crippen LogP contribution is -2.21. The van der Waals surface area contributed by atoms with Crippen molar-refractivity contribution in [3.05, 3.63) is 40.3 Å². The molecule has 0 unspecified atom stereocenters. The zero-order chi connectivity index (χ0) is 14.4. The third-order valence-electron chi connectivity index (χ3n) is 2.71. The van der Waals surface area contributed by atoms with Gasteiger partial charge in [-0.2, -0.15) is 0 Å². The zero-order valence-electron chi connectivity index (χ0n) is 12.1. The van der Waals surface area contributed by atoms with E-state index >= 15 is 0 Å². The number of aromatic nitrogens is 1. The molecule has 0 aliphatic rings. The molecule has 1 heterocycles. The number of rotatable bonds is 7. The van der Waals surface area contributed by atoms with E-state index in [4.69, 9.17) is 9.47 Å². The highest BCUT2D eigenvalue weighted by atomic mass is 32.1. The Kier molecular flexibility index (Phi) is 5.38. The smallest absolute Gasteiger partial charge is 0.140 e. The summed E-state index contributed by atoms with van der Waals surface area (Å²) in [6.45, 7) is 5.55. The van der Waals surface area contributed by atoms with Gasteiger partial charge in [-0.3, -0.25) is 0 Å². The van der Waals surface area contributed by atoms with Gasteiger partial charge in [-0.05, 0) is 24.3 Å². The summed E-state index contributed by atoms with van der Waals surface area (Å²) in [7, 11) is 1.65. The van der Waals surface area contributed by atoms with Crippen molar-refractivity contribution in [2.45, 2.75) is 33.0 Å². The standard InChI is InChI=1S/C15H20N2O2S/c1-11(2)16-8-12-10-20-15(17-12)9-19-14-6-4-13(18-3)5-7-14/h4-7,10-11,16H,8-9H2,1-3H3. The minimum absolute atomic E-state index is 0.468. The fraction of sp³-hybridized carbons (Fsp3) is 0.400. The zero-order valence-corrected chi connectivity index (χ0v) is 12.9. The van der Waals surface area contributed by atoms with Gasteiger partial charge in [-0.15, -0.1) is 11.3 Å². The van der Waals surface area contributed by atoms with Crippen LogP contribution in [0.5, 0.6) is 11.5 Å². The fourth-order valence-corrected chi connectivity index (χ4v) is 2.33. The summed E-state index contributed by atoms with van der Waals surface area (Å²) >= 11 is 1.63. The lowest BCUT2D eigenvalue weighted by Gasteiger charge is -2.06. The van der Waals surface area contributed by atoms with E-state index < -0.39 is 0 Å². The number of nitrogens with one attached hydrogen (secondary N) is 1. The van der Waals surface area contributed by atoms with Crippen LogP contribution in [-0.2, 0) is 13.2 Å². The van der Waals surface area contributed by atoms with E-state index in [1.54, 1.807) is 18.4 Å². The molecule has 1 N–H and O–H groups in total. The number of hydrogen-bond acceptors (Lipinski definition) is 5. The van der Waals surface area contributed by atoms with E-state index in [9.17, 15) is 0 Å². The normalized spacial score (nSPS) is 10.8. The first-order valence-electron chi connectivity index (χ1n) is 6.61. The molecule has 0 fully saturated rings. The lowest BCUT2D eigenvalue weighted by molar-refractivity contribution is 0.304. The molecular weight excluding hydrogens is 272 g/mol. The molecule has 20 heavy (non-hydrogen) atoms. The van der Waals surface area contributed by atoms with Crippen molar-refractivity contribution in [3.63, 3.8) is 0 Å². The van der Waals surface area contributed by atoms with Crippen LogP contribution >= 0.6 is 11.3 Å². The molecule has 0 saturated heterocycles. The molecule has 108 valence electrons. The second kappa shape index (κ2) is 7.26. The average Bonchev–Trinajstić information content (AvgIpc) is 2.91. The molecule has 0 radical (unpaired) electrons. The van der Waals surface area contributed by atoms with Crippen LogP contribution in [0.3, 0.4) is 0 Å². The summed E-state index contributed by atoms with van der Waals surface area (Å²) in [4.78, 5) is 4.54. The molecule has 5 heteroatoms. The third-order valence-corrected chi connectivity index (χ3v) is 3.58. The SMILES string of the molecule is COc1ccc(OCc2nc(CNC(C)C)cs2)cc1. The Morgan fingerprint density at radius 2 is 1.90 bits per heavy atom. The van der Waals surface area contributed by atoms with Gasteiger partial charge in [0.2, 0.25) is 0 Å². The monoisotopic (exact) mass is 292 g/mol. The molecule has 1 aromatic carbocycles. The van der Waals surface area contributed by atoms with Crippen molar-refractivity contribution in [3.8, 4) is 11.5 Å². The van der Waals surface area contributed by atoms with Gasteiger partial charge in [0.1, 0.15) is 23.1 Å². The first-order chi connectivity index (χ1) is 9.67. The van der Waals surface area contributed by atoms with Gasteiger partial charge in [-0.1, -0.05) is 13.8 Å². The van der Waals surface area contributed by atoms with Gasteiger partial charge in [-0.25, -0.2) is 4.98 Å². The van der Waals surface area contributed by atoms with Gasteiger partial charge in [0.25, 0.3) is 0 Å². The summed E-state index contributed by atoms with van der Waals surface area (Å²) in [6, 6.07) is 8.03. The van der Waals surface area contributed by atoms with Crippen LogP contribution in [0, 0.1) is 0 Å². The number of methoxy groups -OCH3 is 1. The summed E-state index contributed by atoms with van der Waals surface area (Å²) < 4.78 is 10.8. The van der Waals surface area contributed by atoms with Gasteiger partial charge in [0, 0.05) is 18.0 Å². The van der Waals surface area contributed by atoms with Gasteiger partial charge < -0.3 is 14.8 Å². The van der Waals surface area contributed by atoms with Crippen LogP contribution < -0.4 is 14.8 Å². The predicted octanol–water partition coefficient (Wildman–Crippen LogP) is 3.23. The molecule has 0 bridgehead atoms. The highest BCUT2D eigenvalue weighted by molar-refractivity contribution is 7.09. The Morgan fingerprint density at radius 1 is 1.20 bits per heavy atom. The molecule has 0 aliphatic heterocycles. The van der Waals surface area contributed by atoms with Crippen LogP contribution in [0.25, 0.3) is 0 Å². The van der Waals surface area contributed by atoms with Crippen LogP contribution in [0.1, 0.15) is 24.5 Å². The molecule has 0 saturated carbocycles. The third kappa shape index (κ3) is 4.51. The van der Waals surface area contributed by atoms with Crippen molar-refractivity contribution < 1.29 is 9.47 Å². The van der Waals surface area contributed by atoms with Crippen molar-refractivity contribution in [1.29, 1.82) is 0 Å². The van der Waals surface area contributed by atoms with Gasteiger partial charge in [0.05, 0.1) is 12.8 Å². The number of ether oxygens (including phenoxy) is 2. The Hall–Kier alpha value is -1.59. The van der Waals surface area contributed by atoms with Crippen molar-refractivity contribution >= 4 is 11.3 Å². The predicted molar refractivity (Wildman–Crippen MR) is 81.4 cm³/mol.